The van der Waals surface area contributed by atoms with Crippen molar-refractivity contribution in [2.75, 3.05) is 11.9 Å². The van der Waals surface area contributed by atoms with Crippen LogP contribution in [0.4, 0.5) is 5.82 Å². The molecular weight excluding hydrogens is 328 g/mol. The second kappa shape index (κ2) is 7.95. The van der Waals surface area contributed by atoms with E-state index in [0.29, 0.717) is 12.4 Å². The van der Waals surface area contributed by atoms with Gasteiger partial charge in [-0.25, -0.2) is 9.97 Å². The van der Waals surface area contributed by atoms with E-state index in [0.717, 1.165) is 29.3 Å². The van der Waals surface area contributed by atoms with Crippen LogP contribution < -0.4 is 10.6 Å². The van der Waals surface area contributed by atoms with Crippen LogP contribution in [0.5, 0.6) is 0 Å². The zero-order valence-corrected chi connectivity index (χ0v) is 15.4. The van der Waals surface area contributed by atoms with E-state index in [1.807, 2.05) is 51.5 Å². The van der Waals surface area contributed by atoms with Crippen LogP contribution in [0.25, 0.3) is 10.9 Å². The van der Waals surface area contributed by atoms with Crippen LogP contribution in [0.1, 0.15) is 24.5 Å². The molecule has 0 bridgehead atoms. The van der Waals surface area contributed by atoms with E-state index in [4.69, 9.17) is 0 Å². The molecule has 7 heteroatoms. The molecule has 2 N–H and O–H groups in total. The second-order valence-electron chi connectivity index (χ2n) is 6.53. The zero-order chi connectivity index (χ0) is 18.5. The number of hydrogen-bond donors (Lipinski definition) is 2. The average molecular weight is 352 g/mol. The first-order valence-electron chi connectivity index (χ1n) is 8.76. The Morgan fingerprint density at radius 2 is 2.15 bits per heavy atom. The van der Waals surface area contributed by atoms with Gasteiger partial charge in [-0.2, -0.15) is 5.10 Å². The van der Waals surface area contributed by atoms with Crippen LogP contribution in [0, 0.1) is 6.92 Å². The molecule has 26 heavy (non-hydrogen) atoms. The van der Waals surface area contributed by atoms with Crippen LogP contribution in [0.2, 0.25) is 0 Å². The Kier molecular flexibility index (Phi) is 5.46. The fraction of sp³-hybridized carbons (Fsp3) is 0.368. The molecule has 0 spiro atoms. The number of benzene rings is 1. The minimum absolute atomic E-state index is 0.0457. The average Bonchev–Trinajstić information content (AvgIpc) is 3.04. The van der Waals surface area contributed by atoms with Crippen LogP contribution in [-0.4, -0.2) is 38.2 Å². The number of hydrogen-bond acceptors (Lipinski definition) is 5. The highest BCUT2D eigenvalue weighted by Crippen LogP contribution is 2.20. The van der Waals surface area contributed by atoms with Crippen molar-refractivity contribution in [3.05, 3.63) is 48.0 Å². The first kappa shape index (κ1) is 17.8. The third kappa shape index (κ3) is 4.36. The second-order valence-corrected chi connectivity index (χ2v) is 6.53. The number of carbonyl (C=O) groups is 1. The lowest BCUT2D eigenvalue weighted by Crippen LogP contribution is -2.38. The molecular formula is C19H24N6O. The molecule has 0 saturated heterocycles. The lowest BCUT2D eigenvalue weighted by atomic mass is 10.1. The number of rotatable bonds is 7. The van der Waals surface area contributed by atoms with Gasteiger partial charge in [-0.15, -0.1) is 0 Å². The fourth-order valence-electron chi connectivity index (χ4n) is 2.81. The Labute approximate surface area is 152 Å². The van der Waals surface area contributed by atoms with Gasteiger partial charge in [-0.3, -0.25) is 9.48 Å². The van der Waals surface area contributed by atoms with Crippen molar-refractivity contribution in [3.8, 4) is 0 Å². The molecule has 136 valence electrons. The lowest BCUT2D eigenvalue weighted by Gasteiger charge is -2.16. The molecule has 1 amide bonds. The van der Waals surface area contributed by atoms with E-state index < -0.39 is 0 Å². The van der Waals surface area contributed by atoms with Crippen molar-refractivity contribution in [1.29, 1.82) is 0 Å². The van der Waals surface area contributed by atoms with Gasteiger partial charge in [0.25, 0.3) is 0 Å². The standard InChI is InChI=1S/C19H24N6O/c1-13-6-7-17-16(9-13)18(22-12-21-17)24-14(2)19(26)20-8-4-5-15-10-23-25(3)11-15/h6-7,9-12,14H,4-5,8H2,1-3H3,(H,20,26)(H,21,22,24)/t14-/m1/s1. The number of anilines is 1. The summed E-state index contributed by atoms with van der Waals surface area (Å²) in [6, 6.07) is 5.61. The van der Waals surface area contributed by atoms with Gasteiger partial charge >= 0.3 is 0 Å². The quantitative estimate of drug-likeness (QED) is 0.637. The highest BCUT2D eigenvalue weighted by molar-refractivity contribution is 5.92. The van der Waals surface area contributed by atoms with Gasteiger partial charge in [0.05, 0.1) is 11.7 Å². The Morgan fingerprint density at radius 1 is 1.31 bits per heavy atom. The largest absolute Gasteiger partial charge is 0.358 e. The molecule has 0 radical (unpaired) electrons. The molecule has 3 rings (SSSR count). The van der Waals surface area contributed by atoms with Crippen molar-refractivity contribution in [3.63, 3.8) is 0 Å². The third-order valence-electron chi connectivity index (χ3n) is 4.24. The molecule has 0 saturated carbocycles. The van der Waals surface area contributed by atoms with Crippen LogP contribution >= 0.6 is 0 Å². The summed E-state index contributed by atoms with van der Waals surface area (Å²) in [5.74, 6) is 0.632. The molecule has 2 heterocycles. The van der Waals surface area contributed by atoms with E-state index in [1.54, 1.807) is 4.68 Å². The zero-order valence-electron chi connectivity index (χ0n) is 15.4. The Hall–Kier alpha value is -2.96. The number of nitrogens with one attached hydrogen (secondary N) is 2. The van der Waals surface area contributed by atoms with Gasteiger partial charge in [0.15, 0.2) is 0 Å². The monoisotopic (exact) mass is 352 g/mol. The summed E-state index contributed by atoms with van der Waals surface area (Å²) in [5.41, 5.74) is 3.16. The van der Waals surface area contributed by atoms with E-state index in [2.05, 4.69) is 25.7 Å². The maximum absolute atomic E-state index is 12.3. The summed E-state index contributed by atoms with van der Waals surface area (Å²) < 4.78 is 1.79. The summed E-state index contributed by atoms with van der Waals surface area (Å²) in [5, 5.41) is 11.2. The number of nitrogens with zero attached hydrogens (tertiary/aromatic N) is 4. The van der Waals surface area contributed by atoms with E-state index >= 15 is 0 Å². The highest BCUT2D eigenvalue weighted by atomic mass is 16.2. The summed E-state index contributed by atoms with van der Waals surface area (Å²) in [6.45, 7) is 4.48. The minimum Gasteiger partial charge on any atom is -0.358 e. The Bertz CT molecular complexity index is 904. The number of aryl methyl sites for hydroxylation is 3. The first-order valence-corrected chi connectivity index (χ1v) is 8.76. The van der Waals surface area contributed by atoms with Crippen molar-refractivity contribution < 1.29 is 4.79 Å². The summed E-state index contributed by atoms with van der Waals surface area (Å²) in [4.78, 5) is 20.9. The van der Waals surface area contributed by atoms with E-state index in [1.165, 1.54) is 11.9 Å². The maximum atomic E-state index is 12.3. The van der Waals surface area contributed by atoms with Crippen LogP contribution in [-0.2, 0) is 18.3 Å². The van der Waals surface area contributed by atoms with E-state index in [9.17, 15) is 4.79 Å². The predicted octanol–water partition coefficient (Wildman–Crippen LogP) is 2.22. The molecule has 0 aliphatic carbocycles. The molecule has 0 aliphatic heterocycles. The molecule has 0 aliphatic rings. The van der Waals surface area contributed by atoms with Gasteiger partial charge in [0.1, 0.15) is 18.2 Å². The van der Waals surface area contributed by atoms with Gasteiger partial charge in [0, 0.05) is 25.2 Å². The Balaban J connectivity index is 1.53. The van der Waals surface area contributed by atoms with Gasteiger partial charge < -0.3 is 10.6 Å². The summed E-state index contributed by atoms with van der Waals surface area (Å²) >= 11 is 0. The minimum atomic E-state index is -0.382. The number of fused-ring (bicyclic) bond motifs is 1. The number of amides is 1. The molecule has 3 aromatic rings. The van der Waals surface area contributed by atoms with Gasteiger partial charge in [0.2, 0.25) is 5.91 Å². The predicted molar refractivity (Wildman–Crippen MR) is 102 cm³/mol. The van der Waals surface area contributed by atoms with Crippen LogP contribution in [0.3, 0.4) is 0 Å². The summed E-state index contributed by atoms with van der Waals surface area (Å²) in [7, 11) is 1.90. The topological polar surface area (TPSA) is 84.7 Å². The third-order valence-corrected chi connectivity index (χ3v) is 4.24. The first-order chi connectivity index (χ1) is 12.5. The molecule has 1 atom stereocenters. The number of carbonyl (C=O) groups excluding carboxylic acids is 1. The Morgan fingerprint density at radius 3 is 2.92 bits per heavy atom. The van der Waals surface area contributed by atoms with Crippen molar-refractivity contribution in [1.82, 2.24) is 25.1 Å². The molecule has 2 aromatic heterocycles. The fourth-order valence-corrected chi connectivity index (χ4v) is 2.81. The lowest BCUT2D eigenvalue weighted by molar-refractivity contribution is -0.121. The number of aromatic nitrogens is 4. The molecule has 7 nitrogen and oxygen atoms in total. The van der Waals surface area contributed by atoms with Crippen LogP contribution in [0.15, 0.2) is 36.9 Å². The smallest absolute Gasteiger partial charge is 0.242 e. The molecule has 0 fully saturated rings. The van der Waals surface area contributed by atoms with E-state index in [-0.39, 0.29) is 11.9 Å². The SMILES string of the molecule is Cc1ccc2ncnc(N[C@H](C)C(=O)NCCCc3cnn(C)c3)c2c1. The van der Waals surface area contributed by atoms with Crippen molar-refractivity contribution in [2.45, 2.75) is 32.7 Å². The summed E-state index contributed by atoms with van der Waals surface area (Å²) in [6.07, 6.45) is 7.13. The highest BCUT2D eigenvalue weighted by Gasteiger charge is 2.14. The molecule has 0 unspecified atom stereocenters. The van der Waals surface area contributed by atoms with Crippen molar-refractivity contribution >= 4 is 22.6 Å². The van der Waals surface area contributed by atoms with Gasteiger partial charge in [-0.1, -0.05) is 11.6 Å². The van der Waals surface area contributed by atoms with Crippen molar-refractivity contribution in [2.24, 2.45) is 7.05 Å². The van der Waals surface area contributed by atoms with Gasteiger partial charge in [-0.05, 0) is 44.4 Å². The normalized spacial score (nSPS) is 12.1. The molecule has 1 aromatic carbocycles. The maximum Gasteiger partial charge on any atom is 0.242 e.